The predicted molar refractivity (Wildman–Crippen MR) is 73.9 cm³/mol. The summed E-state index contributed by atoms with van der Waals surface area (Å²) in [6.07, 6.45) is -0.0347. The molecule has 8 heteroatoms. The molecule has 20 heavy (non-hydrogen) atoms. The Morgan fingerprint density at radius 3 is 2.80 bits per heavy atom. The van der Waals surface area contributed by atoms with Gasteiger partial charge in [0.1, 0.15) is 0 Å². The highest BCUT2D eigenvalue weighted by Gasteiger charge is 2.16. The minimum absolute atomic E-state index is 0.0347. The summed E-state index contributed by atoms with van der Waals surface area (Å²) >= 11 is 3.24. The van der Waals surface area contributed by atoms with E-state index in [1.54, 1.807) is 19.1 Å². The molecule has 0 aliphatic carbocycles. The van der Waals surface area contributed by atoms with E-state index in [0.29, 0.717) is 10.0 Å². The molecule has 0 aliphatic rings. The first-order chi connectivity index (χ1) is 9.58. The Morgan fingerprint density at radius 1 is 1.40 bits per heavy atom. The van der Waals surface area contributed by atoms with Gasteiger partial charge in [0.05, 0.1) is 18.6 Å². The molecule has 0 fully saturated rings. The van der Waals surface area contributed by atoms with Gasteiger partial charge in [0.15, 0.2) is 6.73 Å². The number of halogens is 1. The molecule has 0 atom stereocenters. The van der Waals surface area contributed by atoms with Crippen LogP contribution < -0.4 is 0 Å². The Kier molecular flexibility index (Phi) is 6.55. The lowest BCUT2D eigenvalue weighted by molar-refractivity contribution is -0.142. The number of carbonyl (C=O) groups excluding carboxylic acids is 2. The zero-order chi connectivity index (χ0) is 15.0. The van der Waals surface area contributed by atoms with Crippen molar-refractivity contribution in [3.8, 4) is 0 Å². The Morgan fingerprint density at radius 2 is 2.15 bits per heavy atom. The van der Waals surface area contributed by atoms with Gasteiger partial charge in [-0.15, -0.1) is 0 Å². The van der Waals surface area contributed by atoms with Crippen molar-refractivity contribution in [1.29, 1.82) is 0 Å². The van der Waals surface area contributed by atoms with Gasteiger partial charge in [-0.3, -0.25) is 4.79 Å². The maximum atomic E-state index is 11.9. The number of hydrogen-bond donors (Lipinski definition) is 0. The molecule has 0 spiro atoms. The third-order valence-corrected chi connectivity index (χ3v) is 2.74. The first kappa shape index (κ1) is 16.0. The van der Waals surface area contributed by atoms with Crippen LogP contribution in [0.1, 0.15) is 22.8 Å². The van der Waals surface area contributed by atoms with Gasteiger partial charge in [-0.1, -0.05) is 27.1 Å². The Labute approximate surface area is 123 Å². The van der Waals surface area contributed by atoms with Crippen LogP contribution >= 0.6 is 15.9 Å². The number of esters is 2. The SMILES string of the molecule is CCOC(=O)Cc1ccc(Br)cc1C(=O)OCN=[N+]=[N-]. The van der Waals surface area contributed by atoms with Crippen LogP contribution in [-0.2, 0) is 20.7 Å². The first-order valence-corrected chi connectivity index (χ1v) is 6.49. The van der Waals surface area contributed by atoms with Gasteiger partial charge < -0.3 is 9.47 Å². The number of nitrogens with zero attached hydrogens (tertiary/aromatic N) is 3. The molecule has 0 aliphatic heterocycles. The van der Waals surface area contributed by atoms with Crippen LogP contribution in [0.15, 0.2) is 27.8 Å². The minimum atomic E-state index is -0.669. The first-order valence-electron chi connectivity index (χ1n) is 5.70. The summed E-state index contributed by atoms with van der Waals surface area (Å²) in [5.74, 6) is -1.10. The molecule has 7 nitrogen and oxygen atoms in total. The number of ether oxygens (including phenoxy) is 2. The molecule has 1 aromatic rings. The molecule has 0 unspecified atom stereocenters. The van der Waals surface area contributed by atoms with E-state index in [9.17, 15) is 9.59 Å². The number of hydrogen-bond acceptors (Lipinski definition) is 5. The molecule has 1 rings (SSSR count). The van der Waals surface area contributed by atoms with Gasteiger partial charge in [-0.2, -0.15) is 0 Å². The van der Waals surface area contributed by atoms with Crippen LogP contribution in [-0.4, -0.2) is 25.3 Å². The smallest absolute Gasteiger partial charge is 0.338 e. The number of rotatable bonds is 6. The summed E-state index contributed by atoms with van der Waals surface area (Å²) in [6.45, 7) is 1.57. The highest BCUT2D eigenvalue weighted by Crippen LogP contribution is 2.18. The Balaban J connectivity index is 2.91. The van der Waals surface area contributed by atoms with E-state index < -0.39 is 18.7 Å². The fourth-order valence-electron chi connectivity index (χ4n) is 1.45. The van der Waals surface area contributed by atoms with E-state index in [1.807, 2.05) is 0 Å². The average molecular weight is 342 g/mol. The van der Waals surface area contributed by atoms with Crippen LogP contribution in [0.4, 0.5) is 0 Å². The van der Waals surface area contributed by atoms with Crippen molar-refractivity contribution in [3.63, 3.8) is 0 Å². The molecule has 0 aromatic heterocycles. The van der Waals surface area contributed by atoms with Gasteiger partial charge >= 0.3 is 11.9 Å². The summed E-state index contributed by atoms with van der Waals surface area (Å²) in [7, 11) is 0. The normalized spacial score (nSPS) is 9.50. The fourth-order valence-corrected chi connectivity index (χ4v) is 1.81. The van der Waals surface area contributed by atoms with Crippen molar-refractivity contribution >= 4 is 27.9 Å². The van der Waals surface area contributed by atoms with Gasteiger partial charge in [0.25, 0.3) is 0 Å². The molecule has 0 saturated carbocycles. The minimum Gasteiger partial charge on any atom is -0.466 e. The van der Waals surface area contributed by atoms with Crippen LogP contribution in [0.3, 0.4) is 0 Å². The van der Waals surface area contributed by atoms with Gasteiger partial charge in [0, 0.05) is 9.38 Å². The van der Waals surface area contributed by atoms with Crippen LogP contribution in [0.2, 0.25) is 0 Å². The monoisotopic (exact) mass is 341 g/mol. The van der Waals surface area contributed by atoms with Crippen LogP contribution in [0, 0.1) is 0 Å². The predicted octanol–water partition coefficient (Wildman–Crippen LogP) is 2.98. The van der Waals surface area contributed by atoms with E-state index in [4.69, 9.17) is 15.0 Å². The second kappa shape index (κ2) is 8.19. The average Bonchev–Trinajstić information content (AvgIpc) is 2.41. The van der Waals surface area contributed by atoms with Crippen molar-refractivity contribution in [2.75, 3.05) is 13.3 Å². The van der Waals surface area contributed by atoms with Crippen molar-refractivity contribution in [1.82, 2.24) is 0 Å². The van der Waals surface area contributed by atoms with Crippen molar-refractivity contribution in [3.05, 3.63) is 44.2 Å². The largest absolute Gasteiger partial charge is 0.466 e. The lowest BCUT2D eigenvalue weighted by atomic mass is 10.0. The third kappa shape index (κ3) is 4.91. The van der Waals surface area contributed by atoms with Crippen molar-refractivity contribution < 1.29 is 19.1 Å². The molecular weight excluding hydrogens is 330 g/mol. The Bertz CT molecular complexity index is 556. The molecular formula is C12H12BrN3O4. The third-order valence-electron chi connectivity index (χ3n) is 2.25. The second-order valence-electron chi connectivity index (χ2n) is 3.58. The fraction of sp³-hybridized carbons (Fsp3) is 0.333. The molecule has 1 aromatic carbocycles. The van der Waals surface area contributed by atoms with Gasteiger partial charge in [-0.25, -0.2) is 4.79 Å². The summed E-state index contributed by atoms with van der Waals surface area (Å²) in [6, 6.07) is 4.87. The topological polar surface area (TPSA) is 101 Å². The van der Waals surface area contributed by atoms with Crippen LogP contribution in [0.25, 0.3) is 10.4 Å². The van der Waals surface area contributed by atoms with E-state index in [-0.39, 0.29) is 18.6 Å². The van der Waals surface area contributed by atoms with E-state index in [1.165, 1.54) is 6.07 Å². The van der Waals surface area contributed by atoms with Gasteiger partial charge in [-0.05, 0) is 30.2 Å². The van der Waals surface area contributed by atoms with E-state index in [0.717, 1.165) is 0 Å². The molecule has 106 valence electrons. The molecule has 0 saturated heterocycles. The summed E-state index contributed by atoms with van der Waals surface area (Å²) in [5, 5.41) is 3.11. The maximum absolute atomic E-state index is 11.9. The second-order valence-corrected chi connectivity index (χ2v) is 4.49. The number of benzene rings is 1. The maximum Gasteiger partial charge on any atom is 0.338 e. The van der Waals surface area contributed by atoms with E-state index >= 15 is 0 Å². The number of azide groups is 1. The Hall–Kier alpha value is -2.05. The molecule has 0 amide bonds. The highest BCUT2D eigenvalue weighted by molar-refractivity contribution is 9.10. The quantitative estimate of drug-likeness (QED) is 0.343. The zero-order valence-electron chi connectivity index (χ0n) is 10.7. The van der Waals surface area contributed by atoms with Crippen molar-refractivity contribution in [2.45, 2.75) is 13.3 Å². The molecule has 0 radical (unpaired) electrons. The summed E-state index contributed by atoms with van der Waals surface area (Å²) < 4.78 is 10.3. The van der Waals surface area contributed by atoms with Gasteiger partial charge in [0.2, 0.25) is 0 Å². The lowest BCUT2D eigenvalue weighted by Gasteiger charge is -2.09. The summed E-state index contributed by atoms with van der Waals surface area (Å²) in [4.78, 5) is 25.8. The summed E-state index contributed by atoms with van der Waals surface area (Å²) in [5.41, 5.74) is 8.83. The highest BCUT2D eigenvalue weighted by atomic mass is 79.9. The zero-order valence-corrected chi connectivity index (χ0v) is 12.3. The van der Waals surface area contributed by atoms with Crippen molar-refractivity contribution in [2.24, 2.45) is 5.11 Å². The standard InChI is InChI=1S/C12H12BrN3O4/c1-2-19-11(17)5-8-3-4-9(13)6-10(8)12(18)20-7-15-16-14/h3-4,6H,2,5,7H2,1H3. The molecule has 0 N–H and O–H groups in total. The lowest BCUT2D eigenvalue weighted by Crippen LogP contribution is -2.13. The van der Waals surface area contributed by atoms with E-state index in [2.05, 4.69) is 26.0 Å². The molecule has 0 bridgehead atoms. The molecule has 0 heterocycles. The number of carbonyl (C=O) groups is 2. The van der Waals surface area contributed by atoms with Crippen LogP contribution in [0.5, 0.6) is 0 Å².